The Morgan fingerprint density at radius 2 is 2.17 bits per heavy atom. The molecule has 0 radical (unpaired) electrons. The van der Waals surface area contributed by atoms with E-state index in [0.29, 0.717) is 18.8 Å². The van der Waals surface area contributed by atoms with Gasteiger partial charge in [-0.2, -0.15) is 4.31 Å². The molecule has 18 heavy (non-hydrogen) atoms. The lowest BCUT2D eigenvalue weighted by Gasteiger charge is -2.19. The highest BCUT2D eigenvalue weighted by Gasteiger charge is 2.24. The molecule has 5 nitrogen and oxygen atoms in total. The Labute approximate surface area is 108 Å². The summed E-state index contributed by atoms with van der Waals surface area (Å²) in [6.45, 7) is 7.83. The number of aliphatic hydroxyl groups is 1. The fraction of sp³-hybridized carbons (Fsp3) is 0.500. The van der Waals surface area contributed by atoms with E-state index in [1.807, 2.05) is 0 Å². The van der Waals surface area contributed by atoms with Crippen molar-refractivity contribution in [2.75, 3.05) is 13.1 Å². The number of sulfonamides is 1. The zero-order valence-corrected chi connectivity index (χ0v) is 11.9. The van der Waals surface area contributed by atoms with Crippen LogP contribution in [0.5, 0.6) is 0 Å². The van der Waals surface area contributed by atoms with Crippen molar-refractivity contribution in [2.45, 2.75) is 25.3 Å². The minimum atomic E-state index is -3.52. The summed E-state index contributed by atoms with van der Waals surface area (Å²) in [5, 5.41) is 9.10. The van der Waals surface area contributed by atoms with Gasteiger partial charge in [-0.25, -0.2) is 8.42 Å². The number of rotatable bonds is 6. The highest BCUT2D eigenvalue weighted by molar-refractivity contribution is 7.89. The summed E-state index contributed by atoms with van der Waals surface area (Å²) in [6, 6.07) is 1.50. The van der Waals surface area contributed by atoms with Crippen LogP contribution in [0.4, 0.5) is 0 Å². The van der Waals surface area contributed by atoms with Crippen LogP contribution in [0.2, 0.25) is 0 Å². The van der Waals surface area contributed by atoms with Gasteiger partial charge in [0.1, 0.15) is 4.90 Å². The lowest BCUT2D eigenvalue weighted by molar-refractivity contribution is 0.272. The molecular weight excluding hydrogens is 252 g/mol. The molecule has 0 amide bonds. The molecule has 0 bridgehead atoms. The van der Waals surface area contributed by atoms with E-state index >= 15 is 0 Å². The van der Waals surface area contributed by atoms with Crippen LogP contribution in [0, 0.1) is 0 Å². The molecule has 102 valence electrons. The van der Waals surface area contributed by atoms with Gasteiger partial charge >= 0.3 is 0 Å². The van der Waals surface area contributed by atoms with Gasteiger partial charge in [0, 0.05) is 32.0 Å². The van der Waals surface area contributed by atoms with Crippen LogP contribution in [0.15, 0.2) is 29.3 Å². The van der Waals surface area contributed by atoms with Crippen LogP contribution < -0.4 is 0 Å². The SMILES string of the molecule is C=C(C)CN(CC)S(=O)(=O)c1cc(CO)n(C)c1. The second-order valence-electron chi connectivity index (χ2n) is 4.32. The predicted octanol–water partition coefficient (Wildman–Crippen LogP) is 1.10. The topological polar surface area (TPSA) is 62.5 Å². The van der Waals surface area contributed by atoms with Gasteiger partial charge in [0.25, 0.3) is 0 Å². The highest BCUT2D eigenvalue weighted by atomic mass is 32.2. The largest absolute Gasteiger partial charge is 0.390 e. The lowest BCUT2D eigenvalue weighted by atomic mass is 10.3. The normalized spacial score (nSPS) is 12.1. The van der Waals surface area contributed by atoms with Crippen molar-refractivity contribution in [1.82, 2.24) is 8.87 Å². The van der Waals surface area contributed by atoms with Crippen LogP contribution in [0.1, 0.15) is 19.5 Å². The molecule has 1 rings (SSSR count). The van der Waals surface area contributed by atoms with Crippen molar-refractivity contribution in [2.24, 2.45) is 7.05 Å². The van der Waals surface area contributed by atoms with E-state index in [1.54, 1.807) is 25.5 Å². The highest BCUT2D eigenvalue weighted by Crippen LogP contribution is 2.19. The summed E-state index contributed by atoms with van der Waals surface area (Å²) < 4.78 is 27.7. The van der Waals surface area contributed by atoms with Crippen LogP contribution in [0.25, 0.3) is 0 Å². The van der Waals surface area contributed by atoms with Crippen LogP contribution in [-0.4, -0.2) is 35.5 Å². The van der Waals surface area contributed by atoms with Crippen molar-refractivity contribution < 1.29 is 13.5 Å². The summed E-state index contributed by atoms with van der Waals surface area (Å²) >= 11 is 0. The molecule has 0 aliphatic rings. The number of aryl methyl sites for hydroxylation is 1. The first-order valence-electron chi connectivity index (χ1n) is 5.73. The molecule has 0 aliphatic heterocycles. The molecule has 1 N–H and O–H groups in total. The van der Waals surface area contributed by atoms with Crippen molar-refractivity contribution in [3.05, 3.63) is 30.1 Å². The van der Waals surface area contributed by atoms with Gasteiger partial charge < -0.3 is 9.67 Å². The number of nitrogens with zero attached hydrogens (tertiary/aromatic N) is 2. The van der Waals surface area contributed by atoms with E-state index in [2.05, 4.69) is 6.58 Å². The zero-order chi connectivity index (χ0) is 13.9. The monoisotopic (exact) mass is 272 g/mol. The maximum atomic E-state index is 12.4. The van der Waals surface area contributed by atoms with E-state index in [0.717, 1.165) is 5.57 Å². The Kier molecular flexibility index (Phi) is 4.72. The second kappa shape index (κ2) is 5.69. The first kappa shape index (κ1) is 14.9. The molecule has 0 spiro atoms. The first-order chi connectivity index (χ1) is 8.32. The third-order valence-electron chi connectivity index (χ3n) is 2.68. The van der Waals surface area contributed by atoms with Crippen LogP contribution in [0.3, 0.4) is 0 Å². The lowest BCUT2D eigenvalue weighted by Crippen LogP contribution is -2.32. The van der Waals surface area contributed by atoms with Crippen molar-refractivity contribution >= 4 is 10.0 Å². The van der Waals surface area contributed by atoms with Gasteiger partial charge in [0.2, 0.25) is 10.0 Å². The Balaban J connectivity index is 3.14. The average Bonchev–Trinajstić information content (AvgIpc) is 2.67. The molecule has 1 aromatic heterocycles. The Morgan fingerprint density at radius 1 is 1.56 bits per heavy atom. The number of aromatic nitrogens is 1. The molecule has 0 unspecified atom stereocenters. The van der Waals surface area contributed by atoms with E-state index in [9.17, 15) is 8.42 Å². The quantitative estimate of drug-likeness (QED) is 0.789. The number of hydrogen-bond acceptors (Lipinski definition) is 3. The zero-order valence-electron chi connectivity index (χ0n) is 11.0. The van der Waals surface area contributed by atoms with Gasteiger partial charge in [-0.05, 0) is 13.0 Å². The Bertz CT molecular complexity index is 532. The minimum absolute atomic E-state index is 0.182. The molecule has 0 fully saturated rings. The summed E-state index contributed by atoms with van der Waals surface area (Å²) in [5.74, 6) is 0. The van der Waals surface area contributed by atoms with Gasteiger partial charge in [0.15, 0.2) is 0 Å². The number of likely N-dealkylation sites (N-methyl/N-ethyl adjacent to an activating group) is 1. The Hall–Kier alpha value is -1.11. The molecule has 0 aromatic carbocycles. The fourth-order valence-electron chi connectivity index (χ4n) is 1.69. The average molecular weight is 272 g/mol. The van der Waals surface area contributed by atoms with Gasteiger partial charge in [-0.15, -0.1) is 0 Å². The number of hydrogen-bond donors (Lipinski definition) is 1. The molecule has 0 saturated heterocycles. The summed E-state index contributed by atoms with van der Waals surface area (Å²) in [7, 11) is -1.81. The molecule has 0 aliphatic carbocycles. The third-order valence-corrected chi connectivity index (χ3v) is 4.57. The molecule has 1 heterocycles. The van der Waals surface area contributed by atoms with E-state index in [4.69, 9.17) is 5.11 Å². The molecule has 6 heteroatoms. The van der Waals surface area contributed by atoms with E-state index < -0.39 is 10.0 Å². The predicted molar refractivity (Wildman–Crippen MR) is 70.6 cm³/mol. The van der Waals surface area contributed by atoms with E-state index in [-0.39, 0.29) is 11.5 Å². The molecule has 1 aromatic rings. The van der Waals surface area contributed by atoms with Crippen LogP contribution in [-0.2, 0) is 23.7 Å². The fourth-order valence-corrected chi connectivity index (χ4v) is 3.30. The summed E-state index contributed by atoms with van der Waals surface area (Å²) in [5.41, 5.74) is 1.36. The third kappa shape index (κ3) is 3.01. The van der Waals surface area contributed by atoms with Gasteiger partial charge in [-0.1, -0.05) is 19.1 Å². The molecule has 0 saturated carbocycles. The second-order valence-corrected chi connectivity index (χ2v) is 6.26. The number of aliphatic hydroxyl groups excluding tert-OH is 1. The maximum Gasteiger partial charge on any atom is 0.244 e. The first-order valence-corrected chi connectivity index (χ1v) is 7.17. The summed E-state index contributed by atoms with van der Waals surface area (Å²) in [6.07, 6.45) is 1.52. The summed E-state index contributed by atoms with van der Waals surface area (Å²) in [4.78, 5) is 0.206. The van der Waals surface area contributed by atoms with Crippen molar-refractivity contribution in [3.8, 4) is 0 Å². The van der Waals surface area contributed by atoms with Gasteiger partial charge in [-0.3, -0.25) is 0 Å². The standard InChI is InChI=1S/C12H20N2O3S/c1-5-14(7-10(2)3)18(16,17)12-6-11(9-15)13(4)8-12/h6,8,15H,2,5,7,9H2,1,3-4H3. The van der Waals surface area contributed by atoms with Crippen LogP contribution >= 0.6 is 0 Å². The maximum absolute atomic E-state index is 12.4. The van der Waals surface area contributed by atoms with Crippen molar-refractivity contribution in [1.29, 1.82) is 0 Å². The Morgan fingerprint density at radius 3 is 2.56 bits per heavy atom. The molecular formula is C12H20N2O3S. The molecule has 0 atom stereocenters. The smallest absolute Gasteiger partial charge is 0.244 e. The van der Waals surface area contributed by atoms with Gasteiger partial charge in [0.05, 0.1) is 6.61 Å². The van der Waals surface area contributed by atoms with E-state index in [1.165, 1.54) is 16.6 Å². The minimum Gasteiger partial charge on any atom is -0.390 e. The van der Waals surface area contributed by atoms with Crippen molar-refractivity contribution in [3.63, 3.8) is 0 Å².